The molecule has 1 aromatic rings. The molecule has 3 rings (SSSR count). The summed E-state index contributed by atoms with van der Waals surface area (Å²) in [5.74, 6) is 0.540. The molecule has 3 N–H and O–H groups in total. The maximum Gasteiger partial charge on any atom is 0.407 e. The zero-order chi connectivity index (χ0) is 23.5. The number of aromatic nitrogens is 2. The summed E-state index contributed by atoms with van der Waals surface area (Å²) >= 11 is 0. The van der Waals surface area contributed by atoms with Crippen LogP contribution >= 0.6 is 0 Å². The molecule has 2 heterocycles. The molecule has 1 aliphatic heterocycles. The molecule has 0 spiro atoms. The van der Waals surface area contributed by atoms with E-state index in [4.69, 9.17) is 4.74 Å². The van der Waals surface area contributed by atoms with Gasteiger partial charge in [0.25, 0.3) is 0 Å². The van der Waals surface area contributed by atoms with Crippen molar-refractivity contribution in [1.82, 2.24) is 14.9 Å². The molecule has 2 fully saturated rings. The Morgan fingerprint density at radius 2 is 1.91 bits per heavy atom. The topological polar surface area (TPSA) is 143 Å². The fraction of sp³-hybridized carbons (Fsp3) is 0.762. The Kier molecular flexibility index (Phi) is 7.06. The Labute approximate surface area is 188 Å². The van der Waals surface area contributed by atoms with Crippen LogP contribution in [0.2, 0.25) is 0 Å². The quantitative estimate of drug-likeness (QED) is 0.434. The van der Waals surface area contributed by atoms with Gasteiger partial charge in [-0.25, -0.2) is 9.78 Å². The molecule has 1 aliphatic carbocycles. The van der Waals surface area contributed by atoms with Crippen LogP contribution in [-0.4, -0.2) is 67.4 Å². The Morgan fingerprint density at radius 3 is 2.44 bits per heavy atom. The summed E-state index contributed by atoms with van der Waals surface area (Å²) in [5, 5.41) is 27.7. The molecular formula is C21H34N6O5. The normalized spacial score (nSPS) is 23.2. The molecule has 2 aliphatic rings. The predicted molar refractivity (Wildman–Crippen MR) is 120 cm³/mol. The van der Waals surface area contributed by atoms with Gasteiger partial charge in [-0.1, -0.05) is 0 Å². The fourth-order valence-electron chi connectivity index (χ4n) is 4.55. The first-order chi connectivity index (χ1) is 15.0. The zero-order valence-electron chi connectivity index (χ0n) is 19.3. The van der Waals surface area contributed by atoms with Gasteiger partial charge in [-0.3, -0.25) is 10.1 Å². The number of rotatable bonds is 6. The molecule has 1 saturated carbocycles. The average Bonchev–Trinajstić information content (AvgIpc) is 2.68. The summed E-state index contributed by atoms with van der Waals surface area (Å²) < 4.78 is 5.42. The molecule has 11 nitrogen and oxygen atoms in total. The minimum atomic E-state index is -0.919. The van der Waals surface area contributed by atoms with Crippen molar-refractivity contribution in [3.05, 3.63) is 16.3 Å². The molecule has 0 bridgehead atoms. The standard InChI is InChI=1S/C21H34N6O5/c1-20(2,3)26(19(28)29)15-7-5-14(6-8-15)23-17-16(27(30)31)13-22-18(24-17)25-21(4)9-11-32-12-10-21/h13-15H,5-12H2,1-4H3,(H,28,29)(H2,22,23,24,25)/t14-,15-. The van der Waals surface area contributed by atoms with Crippen molar-refractivity contribution in [3.8, 4) is 0 Å². The lowest BCUT2D eigenvalue weighted by atomic mass is 9.88. The summed E-state index contributed by atoms with van der Waals surface area (Å²) in [5.41, 5.74) is -0.878. The second-order valence-electron chi connectivity index (χ2n) is 9.96. The second-order valence-corrected chi connectivity index (χ2v) is 9.96. The SMILES string of the molecule is CC1(Nc2ncc([N+](=O)[O-])c(N[C@H]3CC[C@H](N(C(=O)O)C(C)(C)C)CC3)n2)CCOCC1. The van der Waals surface area contributed by atoms with Crippen LogP contribution in [0.15, 0.2) is 6.20 Å². The van der Waals surface area contributed by atoms with Gasteiger partial charge in [0.05, 0.1) is 4.92 Å². The number of carbonyl (C=O) groups is 1. The van der Waals surface area contributed by atoms with Gasteiger partial charge in [0.1, 0.15) is 6.20 Å². The fourth-order valence-corrected chi connectivity index (χ4v) is 4.55. The molecule has 178 valence electrons. The highest BCUT2D eigenvalue weighted by atomic mass is 16.6. The van der Waals surface area contributed by atoms with E-state index in [1.165, 1.54) is 11.1 Å². The van der Waals surface area contributed by atoms with E-state index in [-0.39, 0.29) is 29.1 Å². The monoisotopic (exact) mass is 450 g/mol. The highest BCUT2D eigenvalue weighted by Gasteiger charge is 2.36. The molecule has 0 radical (unpaired) electrons. The first kappa shape index (κ1) is 24.0. The van der Waals surface area contributed by atoms with E-state index in [9.17, 15) is 20.0 Å². The highest BCUT2D eigenvalue weighted by molar-refractivity contribution is 5.66. The molecule has 0 atom stereocenters. The van der Waals surface area contributed by atoms with Crippen LogP contribution in [0.5, 0.6) is 0 Å². The van der Waals surface area contributed by atoms with Crippen molar-refractivity contribution in [2.45, 2.75) is 89.4 Å². The minimum Gasteiger partial charge on any atom is -0.465 e. The van der Waals surface area contributed by atoms with Crippen molar-refractivity contribution in [2.24, 2.45) is 0 Å². The van der Waals surface area contributed by atoms with Crippen LogP contribution in [0.1, 0.15) is 66.2 Å². The highest BCUT2D eigenvalue weighted by Crippen LogP contribution is 2.32. The van der Waals surface area contributed by atoms with Gasteiger partial charge in [0.2, 0.25) is 11.8 Å². The summed E-state index contributed by atoms with van der Waals surface area (Å²) in [7, 11) is 0. The van der Waals surface area contributed by atoms with E-state index in [2.05, 4.69) is 27.5 Å². The molecule has 32 heavy (non-hydrogen) atoms. The Bertz CT molecular complexity index is 828. The number of ether oxygens (including phenoxy) is 1. The first-order valence-electron chi connectivity index (χ1n) is 11.1. The van der Waals surface area contributed by atoms with E-state index in [1.54, 1.807) is 0 Å². The lowest BCUT2D eigenvalue weighted by molar-refractivity contribution is -0.384. The van der Waals surface area contributed by atoms with Gasteiger partial charge in [-0.05, 0) is 66.2 Å². The van der Waals surface area contributed by atoms with Crippen LogP contribution in [0.25, 0.3) is 0 Å². The van der Waals surface area contributed by atoms with Crippen molar-refractivity contribution < 1.29 is 19.6 Å². The van der Waals surface area contributed by atoms with E-state index in [0.717, 1.165) is 12.8 Å². The Hall–Kier alpha value is -2.69. The number of anilines is 2. The zero-order valence-corrected chi connectivity index (χ0v) is 19.3. The molecule has 1 amide bonds. The Balaban J connectivity index is 1.70. The van der Waals surface area contributed by atoms with Crippen molar-refractivity contribution >= 4 is 23.5 Å². The van der Waals surface area contributed by atoms with Gasteiger partial charge >= 0.3 is 11.8 Å². The van der Waals surface area contributed by atoms with Crippen molar-refractivity contribution in [2.75, 3.05) is 23.8 Å². The third kappa shape index (κ3) is 5.76. The van der Waals surface area contributed by atoms with Gasteiger partial charge in [0, 0.05) is 36.4 Å². The maximum atomic E-state index is 11.8. The molecule has 1 saturated heterocycles. The Morgan fingerprint density at radius 1 is 1.28 bits per heavy atom. The van der Waals surface area contributed by atoms with Crippen molar-refractivity contribution in [1.29, 1.82) is 0 Å². The number of nitrogens with one attached hydrogen (secondary N) is 2. The molecule has 0 unspecified atom stereocenters. The van der Waals surface area contributed by atoms with E-state index in [1.807, 2.05) is 20.8 Å². The molecular weight excluding hydrogens is 416 g/mol. The summed E-state index contributed by atoms with van der Waals surface area (Å²) in [6, 6.07) is -0.0985. The van der Waals surface area contributed by atoms with Gasteiger partial charge in [0.15, 0.2) is 0 Å². The molecule has 0 aromatic carbocycles. The first-order valence-corrected chi connectivity index (χ1v) is 11.1. The van der Waals surface area contributed by atoms with E-state index in [0.29, 0.717) is 44.8 Å². The van der Waals surface area contributed by atoms with Gasteiger partial charge < -0.3 is 25.4 Å². The lowest BCUT2D eigenvalue weighted by Gasteiger charge is -2.42. The van der Waals surface area contributed by atoms with Crippen LogP contribution in [0.3, 0.4) is 0 Å². The van der Waals surface area contributed by atoms with Crippen LogP contribution in [0, 0.1) is 10.1 Å². The summed E-state index contributed by atoms with van der Waals surface area (Å²) in [6.07, 6.45) is 4.68. The van der Waals surface area contributed by atoms with E-state index < -0.39 is 16.6 Å². The number of hydrogen-bond acceptors (Lipinski definition) is 8. The number of carboxylic acid groups (broad SMARTS) is 1. The second kappa shape index (κ2) is 9.43. The predicted octanol–water partition coefficient (Wildman–Crippen LogP) is 3.87. The number of nitrogens with zero attached hydrogens (tertiary/aromatic N) is 4. The van der Waals surface area contributed by atoms with Crippen LogP contribution in [-0.2, 0) is 4.74 Å². The van der Waals surface area contributed by atoms with Gasteiger partial charge in [-0.2, -0.15) is 4.98 Å². The lowest BCUT2D eigenvalue weighted by Crippen LogP contribution is -2.52. The average molecular weight is 451 g/mol. The van der Waals surface area contributed by atoms with E-state index >= 15 is 0 Å². The molecule has 11 heteroatoms. The maximum absolute atomic E-state index is 11.8. The van der Waals surface area contributed by atoms with Crippen LogP contribution < -0.4 is 10.6 Å². The summed E-state index contributed by atoms with van der Waals surface area (Å²) in [6.45, 7) is 9.03. The molecule has 1 aromatic heterocycles. The third-order valence-corrected chi connectivity index (χ3v) is 6.31. The summed E-state index contributed by atoms with van der Waals surface area (Å²) in [4.78, 5) is 32.9. The van der Waals surface area contributed by atoms with Gasteiger partial charge in [-0.15, -0.1) is 0 Å². The van der Waals surface area contributed by atoms with Crippen LogP contribution in [0.4, 0.5) is 22.2 Å². The minimum absolute atomic E-state index is 0.0259. The third-order valence-electron chi connectivity index (χ3n) is 6.31. The number of nitro groups is 1. The smallest absolute Gasteiger partial charge is 0.407 e. The number of hydrogen-bond donors (Lipinski definition) is 3. The number of amides is 1. The largest absolute Gasteiger partial charge is 0.465 e. The van der Waals surface area contributed by atoms with Crippen molar-refractivity contribution in [3.63, 3.8) is 0 Å².